The second kappa shape index (κ2) is 6.43. The van der Waals surface area contributed by atoms with E-state index in [0.717, 1.165) is 18.9 Å². The first-order valence-electron chi connectivity index (χ1n) is 7.48. The van der Waals surface area contributed by atoms with Gasteiger partial charge in [0.25, 0.3) is 0 Å². The fourth-order valence-electron chi connectivity index (χ4n) is 2.59. The van der Waals surface area contributed by atoms with Crippen LogP contribution in [-0.4, -0.2) is 23.1 Å². The molecule has 1 aromatic heterocycles. The number of anilines is 3. The molecule has 1 aromatic carbocycles. The first-order valence-corrected chi connectivity index (χ1v) is 7.48. The standard InChI is InChI=1S/C16H21N5/c17-14-11-15(21-9-5-2-6-10-21)20-16(19-14)18-12-13-7-3-1-4-8-13/h1,3-4,7-8,11H,2,5-6,9-10,12H2,(H3,17,18,19,20). The monoisotopic (exact) mass is 283 g/mol. The zero-order chi connectivity index (χ0) is 14.5. The zero-order valence-electron chi connectivity index (χ0n) is 12.1. The maximum Gasteiger partial charge on any atom is 0.226 e. The Balaban J connectivity index is 1.71. The van der Waals surface area contributed by atoms with Crippen LogP contribution in [0.25, 0.3) is 0 Å². The molecule has 1 saturated heterocycles. The highest BCUT2D eigenvalue weighted by Crippen LogP contribution is 2.20. The minimum absolute atomic E-state index is 0.515. The third kappa shape index (κ3) is 3.62. The third-order valence-electron chi connectivity index (χ3n) is 3.71. The molecule has 0 aliphatic carbocycles. The molecule has 1 fully saturated rings. The Hall–Kier alpha value is -2.30. The van der Waals surface area contributed by atoms with Crippen molar-refractivity contribution in [2.75, 3.05) is 29.0 Å². The highest BCUT2D eigenvalue weighted by molar-refractivity contribution is 5.51. The Kier molecular flexibility index (Phi) is 4.19. The lowest BCUT2D eigenvalue weighted by molar-refractivity contribution is 0.573. The number of aromatic nitrogens is 2. The number of nitrogen functional groups attached to an aromatic ring is 1. The molecule has 21 heavy (non-hydrogen) atoms. The van der Waals surface area contributed by atoms with Gasteiger partial charge in [-0.05, 0) is 24.8 Å². The van der Waals surface area contributed by atoms with Gasteiger partial charge in [-0.25, -0.2) is 0 Å². The average molecular weight is 283 g/mol. The number of piperidine rings is 1. The van der Waals surface area contributed by atoms with Gasteiger partial charge in [0.05, 0.1) is 0 Å². The topological polar surface area (TPSA) is 67.1 Å². The van der Waals surface area contributed by atoms with Crippen LogP contribution in [0.2, 0.25) is 0 Å². The van der Waals surface area contributed by atoms with Crippen LogP contribution < -0.4 is 16.0 Å². The Morgan fingerprint density at radius 2 is 1.81 bits per heavy atom. The Morgan fingerprint density at radius 3 is 2.57 bits per heavy atom. The molecule has 0 bridgehead atoms. The Labute approximate surface area is 125 Å². The van der Waals surface area contributed by atoms with Gasteiger partial charge in [-0.2, -0.15) is 9.97 Å². The SMILES string of the molecule is Nc1cc(N2CCCCC2)nc(NCc2ccccc2)n1. The van der Waals surface area contributed by atoms with Crippen molar-refractivity contribution in [2.24, 2.45) is 0 Å². The van der Waals surface area contributed by atoms with Gasteiger partial charge in [0.15, 0.2) is 0 Å². The molecule has 0 unspecified atom stereocenters. The molecule has 1 aliphatic heterocycles. The van der Waals surface area contributed by atoms with Crippen molar-refractivity contribution < 1.29 is 0 Å². The first-order chi connectivity index (χ1) is 10.3. The van der Waals surface area contributed by atoms with Gasteiger partial charge in [0, 0.05) is 25.7 Å². The molecule has 0 spiro atoms. The molecule has 110 valence electrons. The number of hydrogen-bond acceptors (Lipinski definition) is 5. The Morgan fingerprint density at radius 1 is 1.05 bits per heavy atom. The number of nitrogens with one attached hydrogen (secondary N) is 1. The van der Waals surface area contributed by atoms with Crippen LogP contribution >= 0.6 is 0 Å². The molecule has 2 heterocycles. The van der Waals surface area contributed by atoms with E-state index in [2.05, 4.69) is 32.3 Å². The summed E-state index contributed by atoms with van der Waals surface area (Å²) >= 11 is 0. The molecule has 3 N–H and O–H groups in total. The van der Waals surface area contributed by atoms with Crippen LogP contribution in [0.15, 0.2) is 36.4 Å². The normalized spacial score (nSPS) is 15.0. The number of hydrogen-bond donors (Lipinski definition) is 2. The van der Waals surface area contributed by atoms with E-state index in [1.165, 1.54) is 24.8 Å². The van der Waals surface area contributed by atoms with E-state index >= 15 is 0 Å². The minimum atomic E-state index is 0.515. The van der Waals surface area contributed by atoms with Crippen LogP contribution in [0, 0.1) is 0 Å². The quantitative estimate of drug-likeness (QED) is 0.903. The summed E-state index contributed by atoms with van der Waals surface area (Å²) in [6, 6.07) is 12.1. The average Bonchev–Trinajstić information content (AvgIpc) is 2.54. The second-order valence-electron chi connectivity index (χ2n) is 5.36. The lowest BCUT2D eigenvalue weighted by Crippen LogP contribution is -2.30. The van der Waals surface area contributed by atoms with Crippen LogP contribution in [0.4, 0.5) is 17.6 Å². The molecule has 5 heteroatoms. The predicted octanol–water partition coefficient (Wildman–Crippen LogP) is 2.66. The van der Waals surface area contributed by atoms with Crippen LogP contribution in [0.1, 0.15) is 24.8 Å². The smallest absolute Gasteiger partial charge is 0.226 e. The summed E-state index contributed by atoms with van der Waals surface area (Å²) in [5, 5.41) is 3.25. The van der Waals surface area contributed by atoms with Gasteiger partial charge >= 0.3 is 0 Å². The lowest BCUT2D eigenvalue weighted by Gasteiger charge is -2.28. The molecule has 1 aliphatic rings. The minimum Gasteiger partial charge on any atom is -0.383 e. The van der Waals surface area contributed by atoms with Crippen molar-refractivity contribution in [1.29, 1.82) is 0 Å². The van der Waals surface area contributed by atoms with Crippen molar-refractivity contribution in [1.82, 2.24) is 9.97 Å². The molecule has 0 atom stereocenters. The van der Waals surface area contributed by atoms with E-state index < -0.39 is 0 Å². The number of nitrogens with two attached hydrogens (primary N) is 1. The van der Waals surface area contributed by atoms with Crippen molar-refractivity contribution in [3.8, 4) is 0 Å². The summed E-state index contributed by atoms with van der Waals surface area (Å²) in [5.74, 6) is 2.04. The van der Waals surface area contributed by atoms with E-state index in [1.54, 1.807) is 0 Å². The van der Waals surface area contributed by atoms with E-state index in [9.17, 15) is 0 Å². The largest absolute Gasteiger partial charge is 0.383 e. The van der Waals surface area contributed by atoms with Crippen LogP contribution in [-0.2, 0) is 6.54 Å². The van der Waals surface area contributed by atoms with Gasteiger partial charge in [-0.3, -0.25) is 0 Å². The highest BCUT2D eigenvalue weighted by atomic mass is 15.2. The van der Waals surface area contributed by atoms with Crippen molar-refractivity contribution >= 4 is 17.6 Å². The van der Waals surface area contributed by atoms with Crippen molar-refractivity contribution in [3.05, 3.63) is 42.0 Å². The molecule has 5 nitrogen and oxygen atoms in total. The summed E-state index contributed by atoms with van der Waals surface area (Å²) in [7, 11) is 0. The number of benzene rings is 1. The Bertz CT molecular complexity index is 578. The molecular weight excluding hydrogens is 262 g/mol. The van der Waals surface area contributed by atoms with E-state index in [0.29, 0.717) is 18.3 Å². The molecule has 0 amide bonds. The maximum atomic E-state index is 5.92. The summed E-state index contributed by atoms with van der Waals surface area (Å²) in [4.78, 5) is 11.2. The highest BCUT2D eigenvalue weighted by Gasteiger charge is 2.13. The molecule has 2 aromatic rings. The zero-order valence-corrected chi connectivity index (χ0v) is 12.1. The fourth-order valence-corrected chi connectivity index (χ4v) is 2.59. The summed E-state index contributed by atoms with van der Waals surface area (Å²) in [6.45, 7) is 2.80. The van der Waals surface area contributed by atoms with Crippen LogP contribution in [0.5, 0.6) is 0 Å². The summed E-state index contributed by atoms with van der Waals surface area (Å²) < 4.78 is 0. The van der Waals surface area contributed by atoms with Gasteiger partial charge < -0.3 is 16.0 Å². The van der Waals surface area contributed by atoms with Crippen molar-refractivity contribution in [3.63, 3.8) is 0 Å². The fraction of sp³-hybridized carbons (Fsp3) is 0.375. The van der Waals surface area contributed by atoms with Gasteiger partial charge in [0.2, 0.25) is 5.95 Å². The number of rotatable bonds is 4. The second-order valence-corrected chi connectivity index (χ2v) is 5.36. The first kappa shape index (κ1) is 13.7. The summed E-state index contributed by atoms with van der Waals surface area (Å²) in [5.41, 5.74) is 7.11. The summed E-state index contributed by atoms with van der Waals surface area (Å²) in [6.07, 6.45) is 3.74. The predicted molar refractivity (Wildman–Crippen MR) is 86.3 cm³/mol. The molecular formula is C16H21N5. The molecule has 0 radical (unpaired) electrons. The van der Waals surface area contributed by atoms with Gasteiger partial charge in [-0.15, -0.1) is 0 Å². The van der Waals surface area contributed by atoms with Crippen molar-refractivity contribution in [2.45, 2.75) is 25.8 Å². The van der Waals surface area contributed by atoms with E-state index in [4.69, 9.17) is 5.73 Å². The number of nitrogens with zero attached hydrogens (tertiary/aromatic N) is 3. The molecule has 3 rings (SSSR count). The lowest BCUT2D eigenvalue weighted by atomic mass is 10.1. The van der Waals surface area contributed by atoms with Gasteiger partial charge in [-0.1, -0.05) is 30.3 Å². The maximum absolute atomic E-state index is 5.92. The van der Waals surface area contributed by atoms with Gasteiger partial charge in [0.1, 0.15) is 11.6 Å². The third-order valence-corrected chi connectivity index (χ3v) is 3.71. The van der Waals surface area contributed by atoms with E-state index in [-0.39, 0.29) is 0 Å². The van der Waals surface area contributed by atoms with E-state index in [1.807, 2.05) is 24.3 Å². The molecule has 0 saturated carbocycles. The van der Waals surface area contributed by atoms with Crippen LogP contribution in [0.3, 0.4) is 0 Å².